The zero-order valence-corrected chi connectivity index (χ0v) is 12.8. The largest absolute Gasteiger partial charge is 0.383 e. The summed E-state index contributed by atoms with van der Waals surface area (Å²) in [5, 5.41) is 0. The van der Waals surface area contributed by atoms with Crippen molar-refractivity contribution in [2.45, 2.75) is 19.4 Å². The van der Waals surface area contributed by atoms with E-state index in [4.69, 9.17) is 15.2 Å². The number of methoxy groups -OCH3 is 2. The van der Waals surface area contributed by atoms with Crippen molar-refractivity contribution in [1.82, 2.24) is 9.80 Å². The quantitative estimate of drug-likeness (QED) is 0.653. The summed E-state index contributed by atoms with van der Waals surface area (Å²) in [4.78, 5) is 4.91. The molecule has 2 N–H and O–H groups in total. The van der Waals surface area contributed by atoms with E-state index in [9.17, 15) is 0 Å². The maximum Gasteiger partial charge on any atom is 0.0589 e. The molecule has 2 unspecified atom stereocenters. The molecule has 0 aromatic heterocycles. The lowest BCUT2D eigenvalue weighted by molar-refractivity contribution is 0.0783. The Morgan fingerprint density at radius 2 is 1.84 bits per heavy atom. The van der Waals surface area contributed by atoms with Gasteiger partial charge in [0.05, 0.1) is 13.2 Å². The van der Waals surface area contributed by atoms with Gasteiger partial charge in [-0.2, -0.15) is 0 Å². The highest BCUT2D eigenvalue weighted by molar-refractivity contribution is 4.84. The standard InChI is InChI=1S/C14H31N3O2/c1-4-16-6-5-14(15)13(11-16)12-17(7-9-18-2)8-10-19-3/h13-14H,4-12,15H2,1-3H3. The van der Waals surface area contributed by atoms with Crippen LogP contribution in [0, 0.1) is 5.92 Å². The number of ether oxygens (including phenoxy) is 2. The molecular formula is C14H31N3O2. The predicted molar refractivity (Wildman–Crippen MR) is 78.4 cm³/mol. The Kier molecular flexibility index (Phi) is 8.57. The van der Waals surface area contributed by atoms with E-state index in [1.165, 1.54) is 0 Å². The van der Waals surface area contributed by atoms with Crippen molar-refractivity contribution in [2.24, 2.45) is 11.7 Å². The minimum atomic E-state index is 0.329. The maximum atomic E-state index is 6.29. The number of nitrogens with two attached hydrogens (primary N) is 1. The lowest BCUT2D eigenvalue weighted by Gasteiger charge is -2.39. The number of rotatable bonds is 9. The zero-order chi connectivity index (χ0) is 14.1. The molecule has 0 amide bonds. The van der Waals surface area contributed by atoms with Crippen molar-refractivity contribution < 1.29 is 9.47 Å². The van der Waals surface area contributed by atoms with Crippen LogP contribution in [0.15, 0.2) is 0 Å². The second-order valence-corrected chi connectivity index (χ2v) is 5.39. The molecule has 5 nitrogen and oxygen atoms in total. The summed E-state index contributed by atoms with van der Waals surface area (Å²) in [6, 6.07) is 0.329. The molecule has 1 rings (SSSR count). The number of piperidine rings is 1. The van der Waals surface area contributed by atoms with Crippen LogP contribution >= 0.6 is 0 Å². The number of likely N-dealkylation sites (tertiary alicyclic amines) is 1. The van der Waals surface area contributed by atoms with Crippen molar-refractivity contribution >= 4 is 0 Å². The van der Waals surface area contributed by atoms with Crippen molar-refractivity contribution in [1.29, 1.82) is 0 Å². The van der Waals surface area contributed by atoms with Crippen molar-refractivity contribution in [3.63, 3.8) is 0 Å². The zero-order valence-electron chi connectivity index (χ0n) is 12.8. The average molecular weight is 273 g/mol. The third-order valence-corrected chi connectivity index (χ3v) is 4.04. The molecular weight excluding hydrogens is 242 g/mol. The fourth-order valence-corrected chi connectivity index (χ4v) is 2.67. The highest BCUT2D eigenvalue weighted by atomic mass is 16.5. The van der Waals surface area contributed by atoms with Gasteiger partial charge in [-0.15, -0.1) is 0 Å². The summed E-state index contributed by atoms with van der Waals surface area (Å²) >= 11 is 0. The molecule has 1 fully saturated rings. The molecule has 0 aromatic rings. The molecule has 0 spiro atoms. The molecule has 5 heteroatoms. The van der Waals surface area contributed by atoms with Crippen molar-refractivity contribution in [2.75, 3.05) is 66.7 Å². The average Bonchev–Trinajstić information content (AvgIpc) is 2.43. The summed E-state index contributed by atoms with van der Waals surface area (Å²) in [5.74, 6) is 0.558. The minimum absolute atomic E-state index is 0.329. The van der Waals surface area contributed by atoms with Gasteiger partial charge in [0.2, 0.25) is 0 Å². The van der Waals surface area contributed by atoms with Gasteiger partial charge in [0.1, 0.15) is 0 Å². The van der Waals surface area contributed by atoms with Gasteiger partial charge in [0.25, 0.3) is 0 Å². The fourth-order valence-electron chi connectivity index (χ4n) is 2.67. The van der Waals surface area contributed by atoms with E-state index in [1.807, 2.05) is 0 Å². The van der Waals surface area contributed by atoms with E-state index in [2.05, 4.69) is 16.7 Å². The number of nitrogens with zero attached hydrogens (tertiary/aromatic N) is 2. The third-order valence-electron chi connectivity index (χ3n) is 4.04. The van der Waals surface area contributed by atoms with Crippen LogP contribution in [0.1, 0.15) is 13.3 Å². The van der Waals surface area contributed by atoms with Gasteiger partial charge in [-0.05, 0) is 25.4 Å². The van der Waals surface area contributed by atoms with Crippen LogP contribution in [0.3, 0.4) is 0 Å². The van der Waals surface area contributed by atoms with Crippen LogP contribution in [0.25, 0.3) is 0 Å². The van der Waals surface area contributed by atoms with E-state index >= 15 is 0 Å². The molecule has 114 valence electrons. The monoisotopic (exact) mass is 273 g/mol. The molecule has 1 saturated heterocycles. The Labute approximate surface area is 118 Å². The first-order chi connectivity index (χ1) is 9.21. The normalized spacial score (nSPS) is 25.1. The maximum absolute atomic E-state index is 6.29. The molecule has 1 aliphatic heterocycles. The number of hydrogen-bond acceptors (Lipinski definition) is 5. The minimum Gasteiger partial charge on any atom is -0.383 e. The van der Waals surface area contributed by atoms with Gasteiger partial charge in [0, 0.05) is 46.4 Å². The first-order valence-corrected chi connectivity index (χ1v) is 7.39. The Balaban J connectivity index is 2.44. The third kappa shape index (κ3) is 6.19. The Hall–Kier alpha value is -0.200. The Bertz CT molecular complexity index is 221. The van der Waals surface area contributed by atoms with E-state index < -0.39 is 0 Å². The van der Waals surface area contributed by atoms with Crippen LogP contribution < -0.4 is 5.73 Å². The van der Waals surface area contributed by atoms with Crippen LogP contribution in [-0.2, 0) is 9.47 Å². The van der Waals surface area contributed by atoms with E-state index in [1.54, 1.807) is 14.2 Å². The van der Waals surface area contributed by atoms with Crippen molar-refractivity contribution in [3.8, 4) is 0 Å². The first kappa shape index (κ1) is 16.9. The molecule has 2 atom stereocenters. The molecule has 1 aliphatic rings. The van der Waals surface area contributed by atoms with E-state index in [-0.39, 0.29) is 0 Å². The van der Waals surface area contributed by atoms with Crippen molar-refractivity contribution in [3.05, 3.63) is 0 Å². The second kappa shape index (κ2) is 9.66. The number of hydrogen-bond donors (Lipinski definition) is 1. The molecule has 0 aromatic carbocycles. The SMILES string of the molecule is CCN1CCC(N)C(CN(CCOC)CCOC)C1. The lowest BCUT2D eigenvalue weighted by atomic mass is 9.92. The van der Waals surface area contributed by atoms with Gasteiger partial charge in [0.15, 0.2) is 0 Å². The molecule has 0 bridgehead atoms. The summed E-state index contributed by atoms with van der Waals surface area (Å²) in [7, 11) is 3.50. The summed E-state index contributed by atoms with van der Waals surface area (Å²) in [6.45, 7) is 10.1. The summed E-state index contributed by atoms with van der Waals surface area (Å²) in [5.41, 5.74) is 6.29. The van der Waals surface area contributed by atoms with Crippen LogP contribution in [0.4, 0.5) is 0 Å². The molecule has 19 heavy (non-hydrogen) atoms. The summed E-state index contributed by atoms with van der Waals surface area (Å²) < 4.78 is 10.4. The van der Waals surface area contributed by atoms with Crippen LogP contribution in [0.5, 0.6) is 0 Å². The van der Waals surface area contributed by atoms with E-state index in [0.717, 1.165) is 58.9 Å². The Morgan fingerprint density at radius 3 is 2.37 bits per heavy atom. The van der Waals surface area contributed by atoms with Crippen LogP contribution in [0.2, 0.25) is 0 Å². The van der Waals surface area contributed by atoms with Crippen LogP contribution in [-0.4, -0.2) is 82.5 Å². The van der Waals surface area contributed by atoms with Gasteiger partial charge >= 0.3 is 0 Å². The second-order valence-electron chi connectivity index (χ2n) is 5.39. The van der Waals surface area contributed by atoms with Gasteiger partial charge in [-0.3, -0.25) is 4.90 Å². The Morgan fingerprint density at radius 1 is 1.21 bits per heavy atom. The van der Waals surface area contributed by atoms with Gasteiger partial charge < -0.3 is 20.1 Å². The molecule has 0 aliphatic carbocycles. The molecule has 0 radical (unpaired) electrons. The van der Waals surface area contributed by atoms with E-state index in [0.29, 0.717) is 12.0 Å². The fraction of sp³-hybridized carbons (Fsp3) is 1.00. The lowest BCUT2D eigenvalue weighted by Crippen LogP contribution is -2.51. The highest BCUT2D eigenvalue weighted by Gasteiger charge is 2.27. The predicted octanol–water partition coefficient (Wildman–Crippen LogP) is 0.250. The first-order valence-electron chi connectivity index (χ1n) is 7.39. The van der Waals surface area contributed by atoms with Gasteiger partial charge in [-0.25, -0.2) is 0 Å². The topological polar surface area (TPSA) is 51.0 Å². The summed E-state index contributed by atoms with van der Waals surface area (Å²) in [6.07, 6.45) is 1.11. The molecule has 1 heterocycles. The van der Waals surface area contributed by atoms with Gasteiger partial charge in [-0.1, -0.05) is 6.92 Å². The smallest absolute Gasteiger partial charge is 0.0589 e. The molecule has 0 saturated carbocycles. The highest BCUT2D eigenvalue weighted by Crippen LogP contribution is 2.16.